The minimum Gasteiger partial charge on any atom is -0.431 e. The van der Waals surface area contributed by atoms with Gasteiger partial charge in [0.15, 0.2) is 11.6 Å². The van der Waals surface area contributed by atoms with Crippen LogP contribution < -0.4 is 10.5 Å². The molecule has 7 nitrogen and oxygen atoms in total. The van der Waals surface area contributed by atoms with E-state index in [2.05, 4.69) is 39.2 Å². The van der Waals surface area contributed by atoms with E-state index in [1.165, 1.54) is 31.0 Å². The zero-order valence-electron chi connectivity index (χ0n) is 18.6. The lowest BCUT2D eigenvalue weighted by Gasteiger charge is -2.38. The second-order valence-electron chi connectivity index (χ2n) is 9.53. The molecule has 3 aliphatic rings. The molecule has 3 fully saturated rings. The smallest absolute Gasteiger partial charge is 0.387 e. The topological polar surface area (TPSA) is 78.4 Å². The van der Waals surface area contributed by atoms with Crippen LogP contribution in [-0.2, 0) is 4.74 Å². The number of pyridine rings is 1. The van der Waals surface area contributed by atoms with Crippen molar-refractivity contribution >= 4 is 5.82 Å². The number of alkyl halides is 2. The fraction of sp³-hybridized carbons (Fsp3) is 0.652. The molecule has 2 aromatic heterocycles. The summed E-state index contributed by atoms with van der Waals surface area (Å²) < 4.78 is 37.6. The highest BCUT2D eigenvalue weighted by molar-refractivity contribution is 5.64. The van der Waals surface area contributed by atoms with E-state index in [0.717, 1.165) is 26.3 Å². The van der Waals surface area contributed by atoms with E-state index >= 15 is 0 Å². The fourth-order valence-corrected chi connectivity index (χ4v) is 5.99. The maximum absolute atomic E-state index is 12.7. The Kier molecular flexibility index (Phi) is 5.79. The van der Waals surface area contributed by atoms with Gasteiger partial charge >= 0.3 is 6.61 Å². The molecule has 0 spiro atoms. The summed E-state index contributed by atoms with van der Waals surface area (Å²) in [5.41, 5.74) is 8.28. The van der Waals surface area contributed by atoms with Gasteiger partial charge in [0.1, 0.15) is 0 Å². The van der Waals surface area contributed by atoms with Crippen LogP contribution in [0.5, 0.6) is 5.75 Å². The summed E-state index contributed by atoms with van der Waals surface area (Å²) >= 11 is 0. The maximum atomic E-state index is 12.7. The highest BCUT2D eigenvalue weighted by atomic mass is 19.3. The zero-order valence-corrected chi connectivity index (χ0v) is 18.6. The molecule has 0 aromatic carbocycles. The Morgan fingerprint density at radius 3 is 2.56 bits per heavy atom. The molecule has 5 rings (SSSR count). The van der Waals surface area contributed by atoms with E-state index < -0.39 is 6.61 Å². The van der Waals surface area contributed by atoms with Crippen LogP contribution in [0, 0.1) is 11.8 Å². The summed E-state index contributed by atoms with van der Waals surface area (Å²) in [7, 11) is 0. The Balaban J connectivity index is 1.39. The summed E-state index contributed by atoms with van der Waals surface area (Å²) in [5.74, 6) is 1.66. The maximum Gasteiger partial charge on any atom is 0.387 e. The molecule has 174 valence electrons. The van der Waals surface area contributed by atoms with Gasteiger partial charge in [-0.25, -0.2) is 4.98 Å². The average Bonchev–Trinajstić information content (AvgIpc) is 3.49. The highest BCUT2D eigenvalue weighted by Crippen LogP contribution is 2.55. The van der Waals surface area contributed by atoms with Gasteiger partial charge in [-0.2, -0.15) is 13.9 Å². The summed E-state index contributed by atoms with van der Waals surface area (Å²) in [6.07, 6.45) is 5.23. The third kappa shape index (κ3) is 3.96. The van der Waals surface area contributed by atoms with Crippen molar-refractivity contribution in [3.63, 3.8) is 0 Å². The molecule has 1 aliphatic heterocycles. The van der Waals surface area contributed by atoms with Gasteiger partial charge in [0, 0.05) is 48.5 Å². The molecule has 3 heterocycles. The van der Waals surface area contributed by atoms with Crippen molar-refractivity contribution in [2.75, 3.05) is 32.0 Å². The van der Waals surface area contributed by atoms with Gasteiger partial charge in [0.05, 0.1) is 18.9 Å². The molecule has 0 radical (unpaired) electrons. The molecule has 2 N–H and O–H groups in total. The van der Waals surface area contributed by atoms with Crippen LogP contribution in [-0.4, -0.2) is 58.6 Å². The van der Waals surface area contributed by atoms with Crippen molar-refractivity contribution < 1.29 is 18.3 Å². The van der Waals surface area contributed by atoms with Crippen LogP contribution in [0.3, 0.4) is 0 Å². The Morgan fingerprint density at radius 2 is 1.91 bits per heavy atom. The number of fused-ring (bicyclic) bond motifs is 2. The summed E-state index contributed by atoms with van der Waals surface area (Å²) in [4.78, 5) is 6.67. The zero-order chi connectivity index (χ0) is 22.4. The van der Waals surface area contributed by atoms with E-state index in [4.69, 9.17) is 15.6 Å². The SMILES string of the molecule is CC(C)n1nc(-c2cnc(N)c(OC(F)F)c2)cc1C1CC2C[C@@H]1C[C@H]2N1CCOCC1. The van der Waals surface area contributed by atoms with Crippen LogP contribution in [0.15, 0.2) is 18.3 Å². The first-order valence-corrected chi connectivity index (χ1v) is 11.5. The molecule has 1 saturated heterocycles. The molecule has 2 unspecified atom stereocenters. The summed E-state index contributed by atoms with van der Waals surface area (Å²) in [6.45, 7) is 5.06. The number of nitrogens with two attached hydrogens (primary N) is 1. The molecule has 2 aromatic rings. The second kappa shape index (κ2) is 8.59. The van der Waals surface area contributed by atoms with Crippen molar-refractivity contribution in [1.29, 1.82) is 0 Å². The summed E-state index contributed by atoms with van der Waals surface area (Å²) in [6, 6.07) is 4.48. The minimum absolute atomic E-state index is 0.0557. The van der Waals surface area contributed by atoms with Crippen LogP contribution in [0.2, 0.25) is 0 Å². The fourth-order valence-electron chi connectivity index (χ4n) is 5.99. The number of nitrogen functional groups attached to an aromatic ring is 1. The van der Waals surface area contributed by atoms with Crippen molar-refractivity contribution in [3.8, 4) is 17.0 Å². The molecular formula is C23H31F2N5O2. The van der Waals surface area contributed by atoms with Crippen LogP contribution in [0.4, 0.5) is 14.6 Å². The number of halogens is 2. The van der Waals surface area contributed by atoms with E-state index in [9.17, 15) is 8.78 Å². The summed E-state index contributed by atoms with van der Waals surface area (Å²) in [5, 5.41) is 4.83. The number of ether oxygens (including phenoxy) is 2. The number of anilines is 1. The second-order valence-corrected chi connectivity index (χ2v) is 9.53. The predicted octanol–water partition coefficient (Wildman–Crippen LogP) is 3.92. The number of hydrogen-bond acceptors (Lipinski definition) is 6. The van der Waals surface area contributed by atoms with Gasteiger partial charge in [0.25, 0.3) is 0 Å². The number of hydrogen-bond donors (Lipinski definition) is 1. The number of aromatic nitrogens is 3. The lowest BCUT2D eigenvalue weighted by Crippen LogP contribution is -2.46. The highest BCUT2D eigenvalue weighted by Gasteiger charge is 2.49. The van der Waals surface area contributed by atoms with E-state index in [1.54, 1.807) is 6.20 Å². The average molecular weight is 448 g/mol. The Labute approximate surface area is 186 Å². The van der Waals surface area contributed by atoms with Crippen molar-refractivity contribution in [2.45, 2.75) is 57.7 Å². The normalized spacial score (nSPS) is 28.2. The molecular weight excluding hydrogens is 416 g/mol. The van der Waals surface area contributed by atoms with Gasteiger partial charge < -0.3 is 15.2 Å². The first-order chi connectivity index (χ1) is 15.4. The molecule has 2 bridgehead atoms. The third-order valence-electron chi connectivity index (χ3n) is 7.36. The molecule has 9 heteroatoms. The lowest BCUT2D eigenvalue weighted by atomic mass is 9.83. The first kappa shape index (κ1) is 21.6. The Hall–Kier alpha value is -2.26. The lowest BCUT2D eigenvalue weighted by molar-refractivity contribution is -0.0494. The molecule has 4 atom stereocenters. The van der Waals surface area contributed by atoms with Crippen molar-refractivity contribution in [3.05, 3.63) is 24.0 Å². The molecule has 32 heavy (non-hydrogen) atoms. The van der Waals surface area contributed by atoms with E-state index in [-0.39, 0.29) is 17.6 Å². The molecule has 0 amide bonds. The van der Waals surface area contributed by atoms with Crippen molar-refractivity contribution in [2.24, 2.45) is 11.8 Å². The number of rotatable bonds is 6. The van der Waals surface area contributed by atoms with Gasteiger partial charge in [-0.15, -0.1) is 0 Å². The largest absolute Gasteiger partial charge is 0.431 e. The standard InChI is InChI=1S/C23H31F2N5O2/c1-13(2)30-20(11-18(28-30)16-10-21(32-23(24)25)22(26)27-12-16)17-8-15-7-14(17)9-19(15)29-3-5-31-6-4-29/h10-15,17,19,23H,3-9H2,1-2H3,(H2,26,27)/t14-,15?,17?,19-/m1/s1. The number of morpholine rings is 1. The third-order valence-corrected chi connectivity index (χ3v) is 7.36. The van der Waals surface area contributed by atoms with Gasteiger partial charge in [0.2, 0.25) is 0 Å². The van der Waals surface area contributed by atoms with Gasteiger partial charge in [-0.05, 0) is 57.1 Å². The minimum atomic E-state index is -2.95. The Morgan fingerprint density at radius 1 is 1.12 bits per heavy atom. The molecule has 2 saturated carbocycles. The molecule has 2 aliphatic carbocycles. The Bertz CT molecular complexity index is 960. The van der Waals surface area contributed by atoms with Crippen LogP contribution in [0.1, 0.15) is 50.8 Å². The monoisotopic (exact) mass is 447 g/mol. The quantitative estimate of drug-likeness (QED) is 0.723. The van der Waals surface area contributed by atoms with Gasteiger partial charge in [-0.3, -0.25) is 9.58 Å². The van der Waals surface area contributed by atoms with Crippen LogP contribution in [0.25, 0.3) is 11.3 Å². The van der Waals surface area contributed by atoms with Gasteiger partial charge in [-0.1, -0.05) is 0 Å². The number of nitrogens with zero attached hydrogens (tertiary/aromatic N) is 4. The van der Waals surface area contributed by atoms with Crippen molar-refractivity contribution in [1.82, 2.24) is 19.7 Å². The first-order valence-electron chi connectivity index (χ1n) is 11.5. The van der Waals surface area contributed by atoms with Crippen LogP contribution >= 0.6 is 0 Å². The van der Waals surface area contributed by atoms with E-state index in [1.807, 2.05) is 0 Å². The predicted molar refractivity (Wildman–Crippen MR) is 117 cm³/mol. The van der Waals surface area contributed by atoms with E-state index in [0.29, 0.717) is 35.1 Å².